The van der Waals surface area contributed by atoms with Crippen LogP contribution in [0.15, 0.2) is 42.5 Å². The first-order chi connectivity index (χ1) is 12.6. The van der Waals surface area contributed by atoms with Crippen LogP contribution in [0.25, 0.3) is 5.52 Å². The summed E-state index contributed by atoms with van der Waals surface area (Å²) in [5.41, 5.74) is 3.89. The van der Waals surface area contributed by atoms with E-state index in [-0.39, 0.29) is 5.97 Å². The third-order valence-electron chi connectivity index (χ3n) is 3.73. The maximum atomic E-state index is 12.2. The second kappa shape index (κ2) is 9.04. The summed E-state index contributed by atoms with van der Waals surface area (Å²) < 4.78 is 12.8. The number of benzene rings is 1. The van der Waals surface area contributed by atoms with Crippen molar-refractivity contribution in [3.63, 3.8) is 0 Å². The quantitative estimate of drug-likeness (QED) is 0.621. The Hall–Kier alpha value is -2.82. The van der Waals surface area contributed by atoms with Crippen molar-refractivity contribution >= 4 is 11.5 Å². The van der Waals surface area contributed by atoms with Crippen LogP contribution < -0.4 is 4.74 Å². The number of hydrogen-bond donors (Lipinski definition) is 0. The van der Waals surface area contributed by atoms with Crippen LogP contribution in [0, 0.1) is 13.8 Å². The minimum atomic E-state index is -0.357. The summed E-state index contributed by atoms with van der Waals surface area (Å²) in [5, 5.41) is 4.46. The molecule has 0 aliphatic carbocycles. The lowest BCUT2D eigenvalue weighted by Gasteiger charge is -2.09. The Morgan fingerprint density at radius 2 is 1.81 bits per heavy atom. The van der Waals surface area contributed by atoms with Crippen molar-refractivity contribution in [3.8, 4) is 5.88 Å². The average Bonchev–Trinajstić information content (AvgIpc) is 2.98. The van der Waals surface area contributed by atoms with E-state index in [9.17, 15) is 4.79 Å². The fourth-order valence-corrected chi connectivity index (χ4v) is 2.65. The van der Waals surface area contributed by atoms with Crippen LogP contribution in [-0.4, -0.2) is 22.2 Å². The maximum absolute atomic E-state index is 12.2. The van der Waals surface area contributed by atoms with Gasteiger partial charge in [0.25, 0.3) is 0 Å². The topological polar surface area (TPSA) is 52.8 Å². The van der Waals surface area contributed by atoms with Crippen molar-refractivity contribution in [2.45, 2.75) is 41.2 Å². The lowest BCUT2D eigenvalue weighted by atomic mass is 10.2. The van der Waals surface area contributed by atoms with E-state index in [1.54, 1.807) is 18.4 Å². The van der Waals surface area contributed by atoms with Gasteiger partial charge in [-0.25, -0.2) is 4.79 Å². The predicted octanol–water partition coefficient (Wildman–Crippen LogP) is 4.73. The number of carbonyl (C=O) groups excluding carboxylic acids is 1. The van der Waals surface area contributed by atoms with E-state index < -0.39 is 0 Å². The fourth-order valence-electron chi connectivity index (χ4n) is 2.65. The van der Waals surface area contributed by atoms with Gasteiger partial charge in [-0.3, -0.25) is 0 Å². The van der Waals surface area contributed by atoms with Crippen molar-refractivity contribution in [1.82, 2.24) is 9.61 Å². The summed E-state index contributed by atoms with van der Waals surface area (Å²) in [7, 11) is 0. The highest BCUT2D eigenvalue weighted by molar-refractivity contribution is 5.98. The normalized spacial score (nSPS) is 10.2. The molecule has 0 unspecified atom stereocenters. The molecule has 3 aromatic rings. The van der Waals surface area contributed by atoms with Gasteiger partial charge in [0.1, 0.15) is 12.2 Å². The summed E-state index contributed by atoms with van der Waals surface area (Å²) in [6, 6.07) is 13.8. The molecule has 0 N–H and O–H groups in total. The highest BCUT2D eigenvalue weighted by atomic mass is 16.5. The number of rotatable bonds is 5. The second-order valence-corrected chi connectivity index (χ2v) is 5.62. The monoisotopic (exact) mass is 354 g/mol. The number of hydrogen-bond acceptors (Lipinski definition) is 4. The van der Waals surface area contributed by atoms with Crippen molar-refractivity contribution in [2.24, 2.45) is 0 Å². The highest BCUT2D eigenvalue weighted by Crippen LogP contribution is 2.24. The molecule has 0 fully saturated rings. The van der Waals surface area contributed by atoms with Gasteiger partial charge in [-0.2, -0.15) is 9.61 Å². The number of fused-ring (bicyclic) bond motifs is 1. The van der Waals surface area contributed by atoms with E-state index in [0.29, 0.717) is 35.9 Å². The number of aromatic nitrogens is 2. The summed E-state index contributed by atoms with van der Waals surface area (Å²) in [6.45, 7) is 10.3. The molecule has 26 heavy (non-hydrogen) atoms. The molecule has 0 saturated heterocycles. The molecule has 2 heterocycles. The lowest BCUT2D eigenvalue weighted by Crippen LogP contribution is -2.06. The van der Waals surface area contributed by atoms with Crippen LogP contribution in [0.4, 0.5) is 0 Å². The van der Waals surface area contributed by atoms with E-state index in [1.807, 2.05) is 63.2 Å². The zero-order valence-corrected chi connectivity index (χ0v) is 16.1. The molecule has 0 bridgehead atoms. The summed E-state index contributed by atoms with van der Waals surface area (Å²) in [5.74, 6) is 0.247. The number of carbonyl (C=O) groups is 1. The first-order valence-corrected chi connectivity index (χ1v) is 8.94. The molecule has 2 aromatic heterocycles. The van der Waals surface area contributed by atoms with Gasteiger partial charge in [0, 0.05) is 6.07 Å². The molecule has 1 aromatic carbocycles. The largest absolute Gasteiger partial charge is 0.473 e. The van der Waals surface area contributed by atoms with Gasteiger partial charge in [-0.05, 0) is 38.0 Å². The molecule has 0 aliphatic rings. The van der Waals surface area contributed by atoms with E-state index in [0.717, 1.165) is 11.1 Å². The lowest BCUT2D eigenvalue weighted by molar-refractivity contribution is 0.0528. The van der Waals surface area contributed by atoms with Gasteiger partial charge in [-0.15, -0.1) is 0 Å². The zero-order valence-electron chi connectivity index (χ0n) is 16.1. The van der Waals surface area contributed by atoms with Crippen LogP contribution in [-0.2, 0) is 11.3 Å². The Balaban J connectivity index is 0.00000117. The first kappa shape index (κ1) is 19.5. The Bertz CT molecular complexity index is 870. The third-order valence-corrected chi connectivity index (χ3v) is 3.73. The number of ether oxygens (including phenoxy) is 2. The van der Waals surface area contributed by atoms with Crippen LogP contribution >= 0.6 is 0 Å². The molecule has 5 nitrogen and oxygen atoms in total. The molecular formula is C21H26N2O3. The molecule has 0 aliphatic heterocycles. The van der Waals surface area contributed by atoms with Gasteiger partial charge in [0.15, 0.2) is 0 Å². The smallest absolute Gasteiger partial charge is 0.342 e. The maximum Gasteiger partial charge on any atom is 0.342 e. The standard InChI is InChI=1S/C19H20N2O3.C2H6/c1-4-23-19(22)18-14(3)20-21-16(18)10-13(2)11-17(21)24-12-15-8-6-5-7-9-15;1-2/h5-11H,4,12H2,1-3H3;1-2H3. The summed E-state index contributed by atoms with van der Waals surface area (Å²) in [6.07, 6.45) is 0. The van der Waals surface area contributed by atoms with Gasteiger partial charge in [0.2, 0.25) is 5.88 Å². The van der Waals surface area contributed by atoms with Crippen LogP contribution in [0.2, 0.25) is 0 Å². The molecule has 0 atom stereocenters. The minimum Gasteiger partial charge on any atom is -0.473 e. The van der Waals surface area contributed by atoms with Crippen molar-refractivity contribution in [3.05, 3.63) is 64.8 Å². The molecular weight excluding hydrogens is 328 g/mol. The molecule has 0 saturated carbocycles. The SMILES string of the molecule is CC.CCOC(=O)c1c(C)nn2c(OCc3ccccc3)cc(C)cc12. The van der Waals surface area contributed by atoms with E-state index >= 15 is 0 Å². The van der Waals surface area contributed by atoms with Crippen molar-refractivity contribution in [1.29, 1.82) is 0 Å². The molecule has 3 rings (SSSR count). The van der Waals surface area contributed by atoms with Gasteiger partial charge >= 0.3 is 5.97 Å². The molecule has 0 spiro atoms. The van der Waals surface area contributed by atoms with Crippen molar-refractivity contribution < 1.29 is 14.3 Å². The van der Waals surface area contributed by atoms with E-state index in [1.165, 1.54) is 0 Å². The number of nitrogens with zero attached hydrogens (tertiary/aromatic N) is 2. The van der Waals surface area contributed by atoms with Crippen LogP contribution in [0.3, 0.4) is 0 Å². The number of esters is 1. The first-order valence-electron chi connectivity index (χ1n) is 8.94. The fraction of sp³-hybridized carbons (Fsp3) is 0.333. The van der Waals surface area contributed by atoms with Crippen LogP contribution in [0.1, 0.15) is 48.0 Å². The highest BCUT2D eigenvalue weighted by Gasteiger charge is 2.20. The van der Waals surface area contributed by atoms with Gasteiger partial charge < -0.3 is 9.47 Å². The average molecular weight is 354 g/mol. The molecule has 5 heteroatoms. The van der Waals surface area contributed by atoms with Crippen LogP contribution in [0.5, 0.6) is 5.88 Å². The molecule has 0 radical (unpaired) electrons. The predicted molar refractivity (Wildman–Crippen MR) is 103 cm³/mol. The van der Waals surface area contributed by atoms with E-state index in [2.05, 4.69) is 5.10 Å². The second-order valence-electron chi connectivity index (χ2n) is 5.62. The molecule has 138 valence electrons. The summed E-state index contributed by atoms with van der Waals surface area (Å²) >= 11 is 0. The zero-order chi connectivity index (χ0) is 19.1. The minimum absolute atomic E-state index is 0.332. The Morgan fingerprint density at radius 3 is 2.46 bits per heavy atom. The van der Waals surface area contributed by atoms with Gasteiger partial charge in [-0.1, -0.05) is 44.2 Å². The number of pyridine rings is 1. The Morgan fingerprint density at radius 1 is 1.12 bits per heavy atom. The third kappa shape index (κ3) is 4.23. The number of aryl methyl sites for hydroxylation is 2. The summed E-state index contributed by atoms with van der Waals surface area (Å²) in [4.78, 5) is 12.2. The Kier molecular flexibility index (Phi) is 6.78. The van der Waals surface area contributed by atoms with Gasteiger partial charge in [0.05, 0.1) is 17.8 Å². The van der Waals surface area contributed by atoms with E-state index in [4.69, 9.17) is 9.47 Å². The van der Waals surface area contributed by atoms with Crippen molar-refractivity contribution in [2.75, 3.05) is 6.61 Å². The molecule has 0 amide bonds. The Labute approximate surface area is 154 Å².